The van der Waals surface area contributed by atoms with E-state index in [0.717, 1.165) is 0 Å². The Morgan fingerprint density at radius 1 is 1.31 bits per heavy atom. The van der Waals surface area contributed by atoms with Crippen LogP contribution in [-0.4, -0.2) is 30.2 Å². The van der Waals surface area contributed by atoms with E-state index in [1.54, 1.807) is 7.05 Å². The molecule has 10 heteroatoms. The van der Waals surface area contributed by atoms with Crippen LogP contribution in [0.1, 0.15) is 12.0 Å². The molecule has 0 aliphatic rings. The summed E-state index contributed by atoms with van der Waals surface area (Å²) in [5.41, 5.74) is 0.815. The van der Waals surface area contributed by atoms with Crippen molar-refractivity contribution in [1.29, 1.82) is 0 Å². The van der Waals surface area contributed by atoms with Crippen molar-refractivity contribution in [3.05, 3.63) is 62.8 Å². The van der Waals surface area contributed by atoms with Gasteiger partial charge in [0.05, 0.1) is 23.9 Å². The summed E-state index contributed by atoms with van der Waals surface area (Å²) in [7, 11) is 1.69. The zero-order chi connectivity index (χ0) is 18.7. The predicted molar refractivity (Wildman–Crippen MR) is 90.3 cm³/mol. The van der Waals surface area contributed by atoms with Crippen LogP contribution < -0.4 is 5.56 Å². The summed E-state index contributed by atoms with van der Waals surface area (Å²) >= 11 is 0. The van der Waals surface area contributed by atoms with Gasteiger partial charge in [-0.3, -0.25) is 29.0 Å². The van der Waals surface area contributed by atoms with E-state index in [4.69, 9.17) is 4.74 Å². The lowest BCUT2D eigenvalue weighted by molar-refractivity contribution is -0.384. The molecule has 0 amide bonds. The Kier molecular flexibility index (Phi) is 4.74. The second-order valence-corrected chi connectivity index (χ2v) is 5.58. The molecule has 0 unspecified atom stereocenters. The Labute approximate surface area is 146 Å². The number of ether oxygens (including phenoxy) is 1. The number of carbonyl (C=O) groups is 1. The van der Waals surface area contributed by atoms with E-state index in [9.17, 15) is 19.7 Å². The van der Waals surface area contributed by atoms with Gasteiger partial charge in [-0.15, -0.1) is 0 Å². The molecule has 26 heavy (non-hydrogen) atoms. The molecule has 2 aromatic heterocycles. The minimum atomic E-state index is -0.499. The van der Waals surface area contributed by atoms with Crippen LogP contribution in [0, 0.1) is 10.1 Å². The molecule has 1 aromatic carbocycles. The molecule has 3 aromatic rings. The van der Waals surface area contributed by atoms with Gasteiger partial charge in [0.15, 0.2) is 5.65 Å². The summed E-state index contributed by atoms with van der Waals surface area (Å²) in [6.45, 7) is 0.140. The van der Waals surface area contributed by atoms with Crippen LogP contribution in [0.5, 0.6) is 0 Å². The maximum absolute atomic E-state index is 12.3. The van der Waals surface area contributed by atoms with Crippen molar-refractivity contribution in [2.45, 2.75) is 19.6 Å². The number of hydrogen-bond acceptors (Lipinski definition) is 7. The second-order valence-electron chi connectivity index (χ2n) is 5.58. The summed E-state index contributed by atoms with van der Waals surface area (Å²) in [6.07, 6.45) is 2.81. The van der Waals surface area contributed by atoms with Crippen LogP contribution in [0.15, 0.2) is 41.6 Å². The van der Waals surface area contributed by atoms with E-state index in [1.165, 1.54) is 46.0 Å². The smallest absolute Gasteiger partial charge is 0.307 e. The van der Waals surface area contributed by atoms with Crippen molar-refractivity contribution in [3.8, 4) is 0 Å². The van der Waals surface area contributed by atoms with Crippen molar-refractivity contribution >= 4 is 22.7 Å². The number of nitro benzene ring substituents is 1. The molecule has 0 saturated carbocycles. The molecule has 10 nitrogen and oxygen atoms in total. The number of benzene rings is 1. The van der Waals surface area contributed by atoms with E-state index in [2.05, 4.69) is 10.1 Å². The number of nitrogens with zero attached hydrogens (tertiary/aromatic N) is 5. The summed E-state index contributed by atoms with van der Waals surface area (Å²) in [4.78, 5) is 38.4. The lowest BCUT2D eigenvalue weighted by Crippen LogP contribution is -2.22. The first-order chi connectivity index (χ1) is 12.5. The first kappa shape index (κ1) is 17.3. The maximum Gasteiger partial charge on any atom is 0.307 e. The quantitative estimate of drug-likeness (QED) is 0.369. The third-order valence-electron chi connectivity index (χ3n) is 3.82. The highest BCUT2D eigenvalue weighted by molar-refractivity contribution is 5.73. The van der Waals surface area contributed by atoms with Crippen molar-refractivity contribution in [3.63, 3.8) is 0 Å². The molecule has 0 bridgehead atoms. The molecule has 0 N–H and O–H groups in total. The highest BCUT2D eigenvalue weighted by Crippen LogP contribution is 2.12. The number of aryl methyl sites for hydroxylation is 2. The Morgan fingerprint density at radius 3 is 2.73 bits per heavy atom. The van der Waals surface area contributed by atoms with Crippen molar-refractivity contribution < 1.29 is 14.5 Å². The maximum atomic E-state index is 12.3. The van der Waals surface area contributed by atoms with E-state index in [1.807, 2.05) is 0 Å². The molecule has 2 heterocycles. The molecule has 0 aliphatic heterocycles. The zero-order valence-electron chi connectivity index (χ0n) is 13.9. The van der Waals surface area contributed by atoms with Gasteiger partial charge < -0.3 is 4.74 Å². The zero-order valence-corrected chi connectivity index (χ0v) is 13.9. The molecule has 134 valence electrons. The molecule has 0 fully saturated rings. The first-order valence-corrected chi connectivity index (χ1v) is 7.72. The van der Waals surface area contributed by atoms with Gasteiger partial charge in [-0.1, -0.05) is 0 Å². The fourth-order valence-corrected chi connectivity index (χ4v) is 2.39. The van der Waals surface area contributed by atoms with Crippen molar-refractivity contribution in [1.82, 2.24) is 19.3 Å². The Morgan fingerprint density at radius 2 is 2.04 bits per heavy atom. The largest absolute Gasteiger partial charge is 0.461 e. The molecule has 0 aliphatic carbocycles. The van der Waals surface area contributed by atoms with Gasteiger partial charge in [-0.05, 0) is 17.7 Å². The van der Waals surface area contributed by atoms with Gasteiger partial charge in [0.1, 0.15) is 12.0 Å². The SMILES string of the molecule is Cn1ncc2c(=O)n(CCC(=O)OCc3ccc([N+](=O)[O-])cc3)cnc21. The average molecular weight is 357 g/mol. The Balaban J connectivity index is 1.56. The molecular formula is C16H15N5O5. The number of aromatic nitrogens is 4. The first-order valence-electron chi connectivity index (χ1n) is 7.72. The Hall–Kier alpha value is -3.56. The van der Waals surface area contributed by atoms with Gasteiger partial charge in [0.2, 0.25) is 0 Å². The number of carbonyl (C=O) groups excluding carboxylic acids is 1. The second kappa shape index (κ2) is 7.13. The summed E-state index contributed by atoms with van der Waals surface area (Å²) in [5.74, 6) is -0.485. The standard InChI is InChI=1S/C16H15N5O5/c1-19-15-13(8-18-19)16(23)20(10-17-15)7-6-14(22)26-9-11-2-4-12(5-3-11)21(24)25/h2-5,8,10H,6-7,9H2,1H3. The number of nitro groups is 1. The van der Waals surface area contributed by atoms with Gasteiger partial charge >= 0.3 is 5.97 Å². The average Bonchev–Trinajstić information content (AvgIpc) is 3.01. The van der Waals surface area contributed by atoms with Gasteiger partial charge in [-0.25, -0.2) is 4.98 Å². The van der Waals surface area contributed by atoms with Crippen LogP contribution in [0.25, 0.3) is 11.0 Å². The van der Waals surface area contributed by atoms with Gasteiger partial charge in [0, 0.05) is 25.7 Å². The van der Waals surface area contributed by atoms with Crippen LogP contribution in [0.4, 0.5) is 5.69 Å². The number of non-ortho nitro benzene ring substituents is 1. The molecule has 0 saturated heterocycles. The normalized spacial score (nSPS) is 10.8. The van der Waals surface area contributed by atoms with Crippen LogP contribution in [-0.2, 0) is 29.7 Å². The molecule has 0 spiro atoms. The predicted octanol–water partition coefficient (Wildman–Crippen LogP) is 1.17. The van der Waals surface area contributed by atoms with Crippen molar-refractivity contribution in [2.24, 2.45) is 7.05 Å². The molecule has 3 rings (SSSR count). The van der Waals surface area contributed by atoms with Crippen LogP contribution in [0.3, 0.4) is 0 Å². The van der Waals surface area contributed by atoms with E-state index in [-0.39, 0.29) is 30.8 Å². The third-order valence-corrected chi connectivity index (χ3v) is 3.82. The molecule has 0 radical (unpaired) electrons. The minimum absolute atomic E-state index is 0.000334. The van der Waals surface area contributed by atoms with Crippen LogP contribution >= 0.6 is 0 Å². The van der Waals surface area contributed by atoms with Crippen LogP contribution in [0.2, 0.25) is 0 Å². The van der Waals surface area contributed by atoms with E-state index >= 15 is 0 Å². The van der Waals surface area contributed by atoms with E-state index < -0.39 is 10.9 Å². The monoisotopic (exact) mass is 357 g/mol. The van der Waals surface area contributed by atoms with Crippen molar-refractivity contribution in [2.75, 3.05) is 0 Å². The van der Waals surface area contributed by atoms with Gasteiger partial charge in [-0.2, -0.15) is 5.10 Å². The lowest BCUT2D eigenvalue weighted by atomic mass is 10.2. The summed E-state index contributed by atoms with van der Waals surface area (Å²) in [6, 6.07) is 5.74. The lowest BCUT2D eigenvalue weighted by Gasteiger charge is -2.07. The minimum Gasteiger partial charge on any atom is -0.461 e. The molecular weight excluding hydrogens is 342 g/mol. The highest BCUT2D eigenvalue weighted by Gasteiger charge is 2.10. The fraction of sp³-hybridized carbons (Fsp3) is 0.250. The number of esters is 1. The van der Waals surface area contributed by atoms with Gasteiger partial charge in [0.25, 0.3) is 11.2 Å². The highest BCUT2D eigenvalue weighted by atomic mass is 16.6. The van der Waals surface area contributed by atoms with E-state index in [0.29, 0.717) is 16.6 Å². The Bertz CT molecular complexity index is 1020. The topological polar surface area (TPSA) is 122 Å². The summed E-state index contributed by atoms with van der Waals surface area (Å²) in [5, 5.41) is 15.0. The summed E-state index contributed by atoms with van der Waals surface area (Å²) < 4.78 is 7.95. The molecule has 0 atom stereocenters. The fourth-order valence-electron chi connectivity index (χ4n) is 2.39. The number of rotatable bonds is 6. The number of hydrogen-bond donors (Lipinski definition) is 0. The number of fused-ring (bicyclic) bond motifs is 1. The third kappa shape index (κ3) is 3.58.